The standard InChI is InChI=1S/C13H10O/c1-2-3-4-5-6-7-8-10-13-11-9-12-14-13/h2-3,8-12H,1H3. The van der Waals surface area contributed by atoms with Crippen LogP contribution in [0.2, 0.25) is 0 Å². The lowest BCUT2D eigenvalue weighted by molar-refractivity contribution is 0.557. The Kier molecular flexibility index (Phi) is 4.56. The first-order valence-corrected chi connectivity index (χ1v) is 4.26. The van der Waals surface area contributed by atoms with E-state index in [4.69, 9.17) is 4.42 Å². The van der Waals surface area contributed by atoms with E-state index < -0.39 is 0 Å². The second-order valence-electron chi connectivity index (χ2n) is 2.39. The first-order chi connectivity index (χ1) is 6.93. The van der Waals surface area contributed by atoms with Crippen molar-refractivity contribution in [2.75, 3.05) is 0 Å². The van der Waals surface area contributed by atoms with Gasteiger partial charge in [-0.3, -0.25) is 0 Å². The van der Waals surface area contributed by atoms with Gasteiger partial charge in [0, 0.05) is 0 Å². The normalized spacial score (nSPS) is 9.50. The topological polar surface area (TPSA) is 13.1 Å². The zero-order chi connectivity index (χ0) is 10.1. The maximum atomic E-state index is 5.08. The van der Waals surface area contributed by atoms with Crippen molar-refractivity contribution in [2.24, 2.45) is 0 Å². The highest BCUT2D eigenvalue weighted by molar-refractivity contribution is 5.48. The number of hydrogen-bond donors (Lipinski definition) is 0. The summed E-state index contributed by atoms with van der Waals surface area (Å²) in [5, 5.41) is 0. The summed E-state index contributed by atoms with van der Waals surface area (Å²) in [5.74, 6) is 11.7. The first-order valence-electron chi connectivity index (χ1n) is 4.26. The van der Waals surface area contributed by atoms with Crippen LogP contribution in [0.5, 0.6) is 0 Å². The van der Waals surface area contributed by atoms with Gasteiger partial charge in [0.2, 0.25) is 0 Å². The molecule has 1 heteroatoms. The van der Waals surface area contributed by atoms with Gasteiger partial charge >= 0.3 is 0 Å². The predicted molar refractivity (Wildman–Crippen MR) is 58.1 cm³/mol. The van der Waals surface area contributed by atoms with Crippen molar-refractivity contribution in [2.45, 2.75) is 6.92 Å². The fourth-order valence-electron chi connectivity index (χ4n) is 0.749. The van der Waals surface area contributed by atoms with Gasteiger partial charge in [-0.25, -0.2) is 0 Å². The lowest BCUT2D eigenvalue weighted by atomic mass is 10.4. The summed E-state index contributed by atoms with van der Waals surface area (Å²) in [4.78, 5) is 0. The van der Waals surface area contributed by atoms with Gasteiger partial charge in [0.05, 0.1) is 6.26 Å². The molecule has 0 aromatic carbocycles. The van der Waals surface area contributed by atoms with E-state index in [1.807, 2.05) is 25.1 Å². The molecule has 0 aliphatic rings. The summed E-state index contributed by atoms with van der Waals surface area (Å²) in [7, 11) is 0. The highest BCUT2D eigenvalue weighted by atomic mass is 16.3. The smallest absolute Gasteiger partial charge is 0.127 e. The third-order valence-electron chi connectivity index (χ3n) is 1.33. The Morgan fingerprint density at radius 1 is 1.21 bits per heavy atom. The molecule has 1 aromatic heterocycles. The molecule has 0 aliphatic heterocycles. The summed E-state index contributed by atoms with van der Waals surface area (Å²) >= 11 is 0. The number of allylic oxidation sites excluding steroid dienone is 3. The summed E-state index contributed by atoms with van der Waals surface area (Å²) in [6.45, 7) is 1.92. The molecule has 0 atom stereocenters. The Bertz CT molecular complexity index is 425. The zero-order valence-corrected chi connectivity index (χ0v) is 7.95. The molecule has 0 fully saturated rings. The van der Waals surface area contributed by atoms with Gasteiger partial charge in [-0.05, 0) is 49.1 Å². The molecule has 1 aromatic rings. The monoisotopic (exact) mass is 182 g/mol. The molecule has 0 saturated heterocycles. The van der Waals surface area contributed by atoms with Gasteiger partial charge in [-0.15, -0.1) is 0 Å². The molecule has 68 valence electrons. The molecule has 0 N–H and O–H groups in total. The Morgan fingerprint density at radius 3 is 2.64 bits per heavy atom. The predicted octanol–water partition coefficient (Wildman–Crippen LogP) is 2.88. The molecule has 1 heterocycles. The van der Waals surface area contributed by atoms with Crippen molar-refractivity contribution in [3.8, 4) is 23.7 Å². The Balaban J connectivity index is 2.45. The molecular weight excluding hydrogens is 172 g/mol. The largest absolute Gasteiger partial charge is 0.465 e. The molecule has 0 radical (unpaired) electrons. The van der Waals surface area contributed by atoms with E-state index in [2.05, 4.69) is 23.7 Å². The van der Waals surface area contributed by atoms with Crippen LogP contribution >= 0.6 is 0 Å². The van der Waals surface area contributed by atoms with E-state index >= 15 is 0 Å². The van der Waals surface area contributed by atoms with Gasteiger partial charge in [0.15, 0.2) is 0 Å². The number of furan rings is 1. The molecule has 1 nitrogen and oxygen atoms in total. The summed E-state index contributed by atoms with van der Waals surface area (Å²) in [6, 6.07) is 3.70. The first kappa shape index (κ1) is 9.96. The van der Waals surface area contributed by atoms with Crippen LogP contribution in [0.3, 0.4) is 0 Å². The fourth-order valence-corrected chi connectivity index (χ4v) is 0.749. The number of rotatable bonds is 1. The Morgan fingerprint density at radius 2 is 2.00 bits per heavy atom. The summed E-state index contributed by atoms with van der Waals surface area (Å²) in [6.07, 6.45) is 8.75. The lowest BCUT2D eigenvalue weighted by Crippen LogP contribution is -1.58. The Labute approximate surface area is 84.1 Å². The summed E-state index contributed by atoms with van der Waals surface area (Å²) < 4.78 is 5.08. The molecular formula is C13H10O. The molecule has 0 bridgehead atoms. The average Bonchev–Trinajstić information content (AvgIpc) is 2.69. The van der Waals surface area contributed by atoms with Gasteiger partial charge in [-0.2, -0.15) is 0 Å². The zero-order valence-electron chi connectivity index (χ0n) is 7.95. The molecule has 0 amide bonds. The lowest BCUT2D eigenvalue weighted by Gasteiger charge is -1.76. The Hall–Kier alpha value is -2.12. The van der Waals surface area contributed by atoms with E-state index in [0.717, 1.165) is 5.76 Å². The van der Waals surface area contributed by atoms with Crippen molar-refractivity contribution >= 4 is 6.08 Å². The van der Waals surface area contributed by atoms with E-state index in [-0.39, 0.29) is 0 Å². The van der Waals surface area contributed by atoms with Crippen molar-refractivity contribution in [1.82, 2.24) is 0 Å². The van der Waals surface area contributed by atoms with Gasteiger partial charge in [0.25, 0.3) is 0 Å². The molecule has 0 saturated carbocycles. The minimum absolute atomic E-state index is 0.792. The van der Waals surface area contributed by atoms with E-state index in [1.165, 1.54) is 0 Å². The van der Waals surface area contributed by atoms with Gasteiger partial charge in [-0.1, -0.05) is 17.9 Å². The van der Waals surface area contributed by atoms with Crippen LogP contribution in [-0.4, -0.2) is 0 Å². The SMILES string of the molecule is CC=CC#CC#CC=Cc1ccco1. The van der Waals surface area contributed by atoms with Crippen molar-refractivity contribution in [1.29, 1.82) is 0 Å². The van der Waals surface area contributed by atoms with Crippen LogP contribution in [-0.2, 0) is 0 Å². The van der Waals surface area contributed by atoms with Crippen molar-refractivity contribution in [3.05, 3.63) is 42.4 Å². The van der Waals surface area contributed by atoms with E-state index in [1.54, 1.807) is 24.5 Å². The molecule has 14 heavy (non-hydrogen) atoms. The van der Waals surface area contributed by atoms with Crippen LogP contribution in [0.25, 0.3) is 6.08 Å². The molecule has 0 unspecified atom stereocenters. The average molecular weight is 182 g/mol. The van der Waals surface area contributed by atoms with Crippen molar-refractivity contribution < 1.29 is 4.42 Å². The molecule has 0 aliphatic carbocycles. The fraction of sp³-hybridized carbons (Fsp3) is 0.0769. The van der Waals surface area contributed by atoms with Crippen LogP contribution in [0.1, 0.15) is 12.7 Å². The second-order valence-corrected chi connectivity index (χ2v) is 2.39. The molecule has 0 spiro atoms. The maximum Gasteiger partial charge on any atom is 0.127 e. The van der Waals surface area contributed by atoms with Crippen LogP contribution in [0, 0.1) is 23.7 Å². The quantitative estimate of drug-likeness (QED) is 0.609. The van der Waals surface area contributed by atoms with Crippen LogP contribution < -0.4 is 0 Å². The minimum Gasteiger partial charge on any atom is -0.465 e. The highest BCUT2D eigenvalue weighted by Crippen LogP contribution is 2.00. The minimum atomic E-state index is 0.792. The van der Waals surface area contributed by atoms with Gasteiger partial charge in [0.1, 0.15) is 5.76 Å². The maximum absolute atomic E-state index is 5.08. The van der Waals surface area contributed by atoms with Crippen LogP contribution in [0.4, 0.5) is 0 Å². The van der Waals surface area contributed by atoms with E-state index in [9.17, 15) is 0 Å². The second kappa shape index (κ2) is 6.40. The van der Waals surface area contributed by atoms with Gasteiger partial charge < -0.3 is 4.42 Å². The van der Waals surface area contributed by atoms with Crippen LogP contribution in [0.15, 0.2) is 41.0 Å². The summed E-state index contributed by atoms with van der Waals surface area (Å²) in [5.41, 5.74) is 0. The highest BCUT2D eigenvalue weighted by Gasteiger charge is 1.83. The third-order valence-corrected chi connectivity index (χ3v) is 1.33. The van der Waals surface area contributed by atoms with Crippen molar-refractivity contribution in [3.63, 3.8) is 0 Å². The van der Waals surface area contributed by atoms with E-state index in [0.29, 0.717) is 0 Å². The molecule has 1 rings (SSSR count). The number of hydrogen-bond acceptors (Lipinski definition) is 1. The third kappa shape index (κ3) is 4.04.